The lowest BCUT2D eigenvalue weighted by Crippen LogP contribution is -2.29. The number of para-hydroxylation sites is 2. The van der Waals surface area contributed by atoms with Crippen molar-refractivity contribution in [3.63, 3.8) is 0 Å². The van der Waals surface area contributed by atoms with Gasteiger partial charge in [0.1, 0.15) is 5.82 Å². The van der Waals surface area contributed by atoms with Crippen LogP contribution in [0.15, 0.2) is 78.9 Å². The van der Waals surface area contributed by atoms with Crippen molar-refractivity contribution in [2.75, 3.05) is 0 Å². The Kier molecular flexibility index (Phi) is 5.94. The first-order valence-corrected chi connectivity index (χ1v) is 10.4. The van der Waals surface area contributed by atoms with Gasteiger partial charge in [0.05, 0.1) is 17.1 Å². The summed E-state index contributed by atoms with van der Waals surface area (Å²) >= 11 is 0. The van der Waals surface area contributed by atoms with Crippen LogP contribution in [0.1, 0.15) is 41.9 Å². The fraction of sp³-hybridized carbons (Fsp3) is 0.231. The molecule has 1 heterocycles. The van der Waals surface area contributed by atoms with E-state index >= 15 is 0 Å². The summed E-state index contributed by atoms with van der Waals surface area (Å²) in [4.78, 5) is 17.4. The second-order valence-electron chi connectivity index (χ2n) is 7.81. The molecule has 0 radical (unpaired) electrons. The molecule has 0 saturated carbocycles. The van der Waals surface area contributed by atoms with Crippen molar-refractivity contribution in [3.8, 4) is 0 Å². The second kappa shape index (κ2) is 8.95. The lowest BCUT2D eigenvalue weighted by atomic mass is 10.1. The van der Waals surface area contributed by atoms with Crippen LogP contribution in [0.5, 0.6) is 0 Å². The first-order chi connectivity index (χ1) is 14.6. The molecule has 152 valence electrons. The summed E-state index contributed by atoms with van der Waals surface area (Å²) in [7, 11) is 0. The van der Waals surface area contributed by atoms with Gasteiger partial charge < -0.3 is 9.88 Å². The summed E-state index contributed by atoms with van der Waals surface area (Å²) in [5.74, 6) is 0.921. The highest BCUT2D eigenvalue weighted by Gasteiger charge is 2.18. The van der Waals surface area contributed by atoms with Crippen LogP contribution in [0.3, 0.4) is 0 Å². The lowest BCUT2D eigenvalue weighted by Gasteiger charge is -2.17. The predicted molar refractivity (Wildman–Crippen MR) is 121 cm³/mol. The van der Waals surface area contributed by atoms with Gasteiger partial charge >= 0.3 is 0 Å². The molecule has 0 aliphatic carbocycles. The van der Waals surface area contributed by atoms with Crippen LogP contribution in [0, 0.1) is 6.92 Å². The summed E-state index contributed by atoms with van der Waals surface area (Å²) in [6, 6.07) is 26.6. The van der Waals surface area contributed by atoms with Gasteiger partial charge in [-0.3, -0.25) is 4.79 Å². The van der Waals surface area contributed by atoms with Gasteiger partial charge in [-0.2, -0.15) is 0 Å². The molecule has 30 heavy (non-hydrogen) atoms. The number of nitrogens with zero attached hydrogens (tertiary/aromatic N) is 2. The van der Waals surface area contributed by atoms with Crippen molar-refractivity contribution < 1.29 is 4.79 Å². The van der Waals surface area contributed by atoms with Crippen LogP contribution < -0.4 is 5.32 Å². The van der Waals surface area contributed by atoms with E-state index in [-0.39, 0.29) is 11.9 Å². The molecule has 1 atom stereocenters. The van der Waals surface area contributed by atoms with Gasteiger partial charge in [0.2, 0.25) is 5.91 Å². The van der Waals surface area contributed by atoms with Crippen LogP contribution in [0.25, 0.3) is 11.0 Å². The Morgan fingerprint density at radius 1 is 0.933 bits per heavy atom. The highest BCUT2D eigenvalue weighted by atomic mass is 16.1. The standard InChI is InChI=1S/C26H27N3O/c1-19-12-14-22(15-13-19)18-29-24-11-7-6-10-23(24)28-26(29)20(2)27-25(30)17-16-21-8-4-3-5-9-21/h3-15,20H,16-18H2,1-2H3,(H,27,30). The highest BCUT2D eigenvalue weighted by Crippen LogP contribution is 2.22. The maximum absolute atomic E-state index is 12.6. The third-order valence-electron chi connectivity index (χ3n) is 5.39. The monoisotopic (exact) mass is 397 g/mol. The third-order valence-corrected chi connectivity index (χ3v) is 5.39. The normalized spacial score (nSPS) is 12.1. The summed E-state index contributed by atoms with van der Waals surface area (Å²) < 4.78 is 2.21. The SMILES string of the molecule is Cc1ccc(Cn2c(C(C)NC(=O)CCc3ccccc3)nc3ccccc32)cc1. The number of amides is 1. The van der Waals surface area contributed by atoms with Crippen molar-refractivity contribution in [2.24, 2.45) is 0 Å². The molecule has 1 N–H and O–H groups in total. The first kappa shape index (κ1) is 19.9. The van der Waals surface area contributed by atoms with Gasteiger partial charge in [-0.05, 0) is 43.5 Å². The molecule has 4 nitrogen and oxygen atoms in total. The number of fused-ring (bicyclic) bond motifs is 1. The quantitative estimate of drug-likeness (QED) is 0.466. The minimum Gasteiger partial charge on any atom is -0.346 e. The summed E-state index contributed by atoms with van der Waals surface area (Å²) in [5.41, 5.74) is 5.66. The van der Waals surface area contributed by atoms with E-state index in [2.05, 4.69) is 59.3 Å². The van der Waals surface area contributed by atoms with Gasteiger partial charge in [0, 0.05) is 13.0 Å². The summed E-state index contributed by atoms with van der Waals surface area (Å²) in [5, 5.41) is 3.14. The molecular weight excluding hydrogens is 370 g/mol. The second-order valence-corrected chi connectivity index (χ2v) is 7.81. The molecule has 3 aromatic carbocycles. The Morgan fingerprint density at radius 3 is 2.40 bits per heavy atom. The van der Waals surface area contributed by atoms with E-state index in [1.807, 2.05) is 43.3 Å². The molecule has 1 unspecified atom stereocenters. The summed E-state index contributed by atoms with van der Waals surface area (Å²) in [6.07, 6.45) is 1.20. The van der Waals surface area contributed by atoms with Gasteiger partial charge in [0.15, 0.2) is 0 Å². The van der Waals surface area contributed by atoms with E-state index < -0.39 is 0 Å². The zero-order valence-corrected chi connectivity index (χ0v) is 17.5. The summed E-state index contributed by atoms with van der Waals surface area (Å²) in [6.45, 7) is 4.82. The lowest BCUT2D eigenvalue weighted by molar-refractivity contribution is -0.121. The molecular formula is C26H27N3O. The number of carbonyl (C=O) groups is 1. The van der Waals surface area contributed by atoms with Crippen LogP contribution >= 0.6 is 0 Å². The minimum absolute atomic E-state index is 0.0419. The fourth-order valence-corrected chi connectivity index (χ4v) is 3.75. The average molecular weight is 398 g/mol. The van der Waals surface area contributed by atoms with Crippen LogP contribution in [0.4, 0.5) is 0 Å². The van der Waals surface area contributed by atoms with Crippen LogP contribution in [0.2, 0.25) is 0 Å². The molecule has 4 aromatic rings. The maximum Gasteiger partial charge on any atom is 0.220 e. The molecule has 0 saturated heterocycles. The Morgan fingerprint density at radius 2 is 1.63 bits per heavy atom. The first-order valence-electron chi connectivity index (χ1n) is 10.4. The van der Waals surface area contributed by atoms with E-state index in [0.717, 1.165) is 29.8 Å². The molecule has 0 spiro atoms. The Balaban J connectivity index is 1.53. The van der Waals surface area contributed by atoms with E-state index in [9.17, 15) is 4.79 Å². The van der Waals surface area contributed by atoms with E-state index in [0.29, 0.717) is 6.42 Å². The van der Waals surface area contributed by atoms with E-state index in [1.54, 1.807) is 0 Å². The zero-order valence-electron chi connectivity index (χ0n) is 17.5. The van der Waals surface area contributed by atoms with Crippen molar-refractivity contribution in [1.82, 2.24) is 14.9 Å². The Bertz CT molecular complexity index is 1130. The van der Waals surface area contributed by atoms with Crippen molar-refractivity contribution in [2.45, 2.75) is 39.3 Å². The Labute approximate surface area is 177 Å². The molecule has 0 bridgehead atoms. The minimum atomic E-state index is -0.175. The zero-order chi connectivity index (χ0) is 20.9. The largest absolute Gasteiger partial charge is 0.346 e. The van der Waals surface area contributed by atoms with Gasteiger partial charge in [0.25, 0.3) is 0 Å². The fourth-order valence-electron chi connectivity index (χ4n) is 3.75. The number of aromatic nitrogens is 2. The van der Waals surface area contributed by atoms with Crippen molar-refractivity contribution in [3.05, 3.63) is 101 Å². The Hall–Kier alpha value is -3.40. The number of carbonyl (C=O) groups excluding carboxylic acids is 1. The predicted octanol–water partition coefficient (Wildman–Crippen LogP) is 5.20. The maximum atomic E-state index is 12.6. The molecule has 0 fully saturated rings. The number of benzene rings is 3. The van der Waals surface area contributed by atoms with E-state index in [1.165, 1.54) is 16.7 Å². The number of imidazole rings is 1. The molecule has 1 amide bonds. The molecule has 0 aliphatic heterocycles. The smallest absolute Gasteiger partial charge is 0.220 e. The van der Waals surface area contributed by atoms with E-state index in [4.69, 9.17) is 4.98 Å². The van der Waals surface area contributed by atoms with Gasteiger partial charge in [-0.1, -0.05) is 72.3 Å². The molecule has 0 aliphatic rings. The number of aryl methyl sites for hydroxylation is 2. The number of rotatable bonds is 7. The number of nitrogens with one attached hydrogen (secondary N) is 1. The topological polar surface area (TPSA) is 46.9 Å². The van der Waals surface area contributed by atoms with Crippen molar-refractivity contribution in [1.29, 1.82) is 0 Å². The molecule has 1 aromatic heterocycles. The van der Waals surface area contributed by atoms with Crippen molar-refractivity contribution >= 4 is 16.9 Å². The molecule has 4 rings (SSSR count). The molecule has 4 heteroatoms. The van der Waals surface area contributed by atoms with Gasteiger partial charge in [-0.15, -0.1) is 0 Å². The van der Waals surface area contributed by atoms with Crippen LogP contribution in [-0.2, 0) is 17.8 Å². The highest BCUT2D eigenvalue weighted by molar-refractivity contribution is 5.78. The number of hydrogen-bond acceptors (Lipinski definition) is 2. The average Bonchev–Trinajstić information content (AvgIpc) is 3.13. The van der Waals surface area contributed by atoms with Crippen LogP contribution in [-0.4, -0.2) is 15.5 Å². The number of hydrogen-bond donors (Lipinski definition) is 1. The third kappa shape index (κ3) is 4.60. The van der Waals surface area contributed by atoms with Gasteiger partial charge in [-0.25, -0.2) is 4.98 Å².